The Hall–Kier alpha value is -1.12. The first-order valence-electron chi connectivity index (χ1n) is 3.13. The van der Waals surface area contributed by atoms with E-state index in [1.807, 2.05) is 0 Å². The summed E-state index contributed by atoms with van der Waals surface area (Å²) >= 11 is 0. The van der Waals surface area contributed by atoms with Crippen molar-refractivity contribution in [2.75, 3.05) is 13.1 Å². The first kappa shape index (κ1) is 6.99. The minimum Gasteiger partial charge on any atom is -0.363 e. The second-order valence-corrected chi connectivity index (χ2v) is 2.37. The van der Waals surface area contributed by atoms with Crippen molar-refractivity contribution in [1.29, 1.82) is 0 Å². The van der Waals surface area contributed by atoms with Crippen LogP contribution in [0.25, 0.3) is 0 Å². The van der Waals surface area contributed by atoms with E-state index in [0.717, 1.165) is 0 Å². The van der Waals surface area contributed by atoms with Crippen LogP contribution in [0.1, 0.15) is 6.92 Å². The van der Waals surface area contributed by atoms with Crippen molar-refractivity contribution in [1.82, 2.24) is 4.90 Å². The second kappa shape index (κ2) is 2.64. The van der Waals surface area contributed by atoms with Gasteiger partial charge in [-0.1, -0.05) is 0 Å². The monoisotopic (exact) mass is 139 g/mol. The maximum absolute atomic E-state index is 10.4. The third-order valence-corrected chi connectivity index (χ3v) is 1.28. The van der Waals surface area contributed by atoms with Gasteiger partial charge >= 0.3 is 0 Å². The summed E-state index contributed by atoms with van der Waals surface area (Å²) in [5.74, 6) is 0.243. The average Bonchev–Trinajstić information content (AvgIpc) is 1.77. The van der Waals surface area contributed by atoms with Gasteiger partial charge in [0, 0.05) is 6.20 Å². The number of rotatable bonds is 2. The number of Topliss-reactive ketones (excluding diaryl/α,β-unsaturated/α-hetero) is 1. The third kappa shape index (κ3) is 1.69. The van der Waals surface area contributed by atoms with Crippen molar-refractivity contribution in [2.45, 2.75) is 6.92 Å². The molecule has 1 fully saturated rings. The van der Waals surface area contributed by atoms with Crippen LogP contribution in [0.5, 0.6) is 0 Å². The lowest BCUT2D eigenvalue weighted by Gasteiger charge is -2.27. The molecule has 54 valence electrons. The molecule has 0 amide bonds. The largest absolute Gasteiger partial charge is 0.363 e. The van der Waals surface area contributed by atoms with Gasteiger partial charge in [-0.15, -0.1) is 0 Å². The highest BCUT2D eigenvalue weighted by Gasteiger charge is 2.19. The van der Waals surface area contributed by atoms with Gasteiger partial charge in [0.1, 0.15) is 0 Å². The molecule has 3 nitrogen and oxygen atoms in total. The Morgan fingerprint density at radius 3 is 2.60 bits per heavy atom. The van der Waals surface area contributed by atoms with E-state index in [1.54, 1.807) is 11.1 Å². The number of carbonyl (C=O) groups is 2. The molecule has 0 aromatic rings. The molecular formula is C7H9NO2. The van der Waals surface area contributed by atoms with Crippen LogP contribution in [0.4, 0.5) is 0 Å². The number of allylic oxidation sites excluding steroid dienone is 1. The molecule has 0 saturated carbocycles. The molecule has 0 unspecified atom stereocenters. The van der Waals surface area contributed by atoms with Gasteiger partial charge < -0.3 is 4.90 Å². The maximum atomic E-state index is 10.4. The summed E-state index contributed by atoms with van der Waals surface area (Å²) in [5, 5.41) is 0. The van der Waals surface area contributed by atoms with Gasteiger partial charge in [-0.05, 0) is 13.0 Å². The van der Waals surface area contributed by atoms with E-state index in [4.69, 9.17) is 0 Å². The highest BCUT2D eigenvalue weighted by atomic mass is 16.1. The molecule has 0 aromatic carbocycles. The molecule has 0 spiro atoms. The van der Waals surface area contributed by atoms with Crippen molar-refractivity contribution >= 4 is 11.6 Å². The van der Waals surface area contributed by atoms with Crippen LogP contribution in [0, 0.1) is 0 Å². The van der Waals surface area contributed by atoms with E-state index in [2.05, 4.69) is 0 Å². The molecule has 1 saturated heterocycles. The zero-order valence-corrected chi connectivity index (χ0v) is 5.83. The first-order valence-corrected chi connectivity index (χ1v) is 3.13. The van der Waals surface area contributed by atoms with Gasteiger partial charge in [0.2, 0.25) is 0 Å². The molecule has 0 atom stereocenters. The molecule has 3 heteroatoms. The summed E-state index contributed by atoms with van der Waals surface area (Å²) in [6.45, 7) is 2.41. The van der Waals surface area contributed by atoms with Gasteiger partial charge in [0.25, 0.3) is 0 Å². The van der Waals surface area contributed by atoms with E-state index in [1.165, 1.54) is 13.0 Å². The summed E-state index contributed by atoms with van der Waals surface area (Å²) in [4.78, 5) is 22.6. The maximum Gasteiger partial charge on any atom is 0.171 e. The van der Waals surface area contributed by atoms with Gasteiger partial charge in [0.05, 0.1) is 13.1 Å². The number of nitrogens with zero attached hydrogens (tertiary/aromatic N) is 1. The van der Waals surface area contributed by atoms with Crippen molar-refractivity contribution < 1.29 is 9.59 Å². The van der Waals surface area contributed by atoms with Gasteiger partial charge in [-0.3, -0.25) is 9.59 Å². The van der Waals surface area contributed by atoms with E-state index >= 15 is 0 Å². The number of hydrogen-bond donors (Lipinski definition) is 0. The number of hydrogen-bond acceptors (Lipinski definition) is 3. The summed E-state index contributed by atoms with van der Waals surface area (Å²) in [7, 11) is 0. The topological polar surface area (TPSA) is 37.4 Å². The van der Waals surface area contributed by atoms with Crippen LogP contribution in [0.3, 0.4) is 0 Å². The quantitative estimate of drug-likeness (QED) is 0.504. The van der Waals surface area contributed by atoms with Crippen molar-refractivity contribution in [3.05, 3.63) is 12.3 Å². The molecule has 1 aliphatic rings. The Labute approximate surface area is 59.3 Å². The second-order valence-electron chi connectivity index (χ2n) is 2.37. The summed E-state index contributed by atoms with van der Waals surface area (Å²) in [5.41, 5.74) is 0. The molecule has 0 radical (unpaired) electrons. The normalized spacial score (nSPS) is 17.7. The van der Waals surface area contributed by atoms with E-state index in [9.17, 15) is 9.59 Å². The molecule has 0 N–H and O–H groups in total. The van der Waals surface area contributed by atoms with E-state index < -0.39 is 0 Å². The lowest BCUT2D eigenvalue weighted by atomic mass is 10.2. The fourth-order valence-electron chi connectivity index (χ4n) is 0.723. The zero-order chi connectivity index (χ0) is 7.56. The fraction of sp³-hybridized carbons (Fsp3) is 0.429. The predicted molar refractivity (Wildman–Crippen MR) is 36.4 cm³/mol. The zero-order valence-electron chi connectivity index (χ0n) is 5.83. The van der Waals surface area contributed by atoms with Crippen LogP contribution < -0.4 is 0 Å². The summed E-state index contributed by atoms with van der Waals surface area (Å²) in [6, 6.07) is 0. The lowest BCUT2D eigenvalue weighted by molar-refractivity contribution is -0.127. The Morgan fingerprint density at radius 2 is 2.20 bits per heavy atom. The first-order chi connectivity index (χ1) is 4.68. The van der Waals surface area contributed by atoms with Crippen LogP contribution >= 0.6 is 0 Å². The third-order valence-electron chi connectivity index (χ3n) is 1.28. The molecule has 0 aromatic heterocycles. The van der Waals surface area contributed by atoms with Crippen molar-refractivity contribution in [3.63, 3.8) is 0 Å². The Balaban J connectivity index is 2.27. The minimum atomic E-state index is 0.0133. The number of ketones is 2. The number of likely N-dealkylation sites (tertiary alicyclic amines) is 1. The standard InChI is InChI=1S/C7H9NO2/c1-6(9)2-3-8-4-7(10)5-8/h2-3H,4-5H2,1H3. The fourth-order valence-corrected chi connectivity index (χ4v) is 0.723. The molecule has 10 heavy (non-hydrogen) atoms. The molecule has 0 aliphatic carbocycles. The molecular weight excluding hydrogens is 130 g/mol. The summed E-state index contributed by atoms with van der Waals surface area (Å²) < 4.78 is 0. The molecule has 1 rings (SSSR count). The molecule has 1 heterocycles. The van der Waals surface area contributed by atoms with Crippen LogP contribution in [-0.4, -0.2) is 29.6 Å². The van der Waals surface area contributed by atoms with Crippen molar-refractivity contribution in [3.8, 4) is 0 Å². The van der Waals surface area contributed by atoms with E-state index in [0.29, 0.717) is 13.1 Å². The van der Waals surface area contributed by atoms with Gasteiger partial charge in [-0.2, -0.15) is 0 Å². The van der Waals surface area contributed by atoms with Gasteiger partial charge in [-0.25, -0.2) is 0 Å². The van der Waals surface area contributed by atoms with Crippen LogP contribution in [0.15, 0.2) is 12.3 Å². The Bertz CT molecular complexity index is 188. The van der Waals surface area contributed by atoms with Crippen LogP contribution in [-0.2, 0) is 9.59 Å². The van der Waals surface area contributed by atoms with Crippen LogP contribution in [0.2, 0.25) is 0 Å². The number of carbonyl (C=O) groups excluding carboxylic acids is 2. The SMILES string of the molecule is CC(=O)C=CN1CC(=O)C1. The van der Waals surface area contributed by atoms with Crippen molar-refractivity contribution in [2.24, 2.45) is 0 Å². The van der Waals surface area contributed by atoms with Gasteiger partial charge in [0.15, 0.2) is 11.6 Å². The lowest BCUT2D eigenvalue weighted by Crippen LogP contribution is -2.43. The molecule has 0 bridgehead atoms. The Morgan fingerprint density at radius 1 is 1.60 bits per heavy atom. The smallest absolute Gasteiger partial charge is 0.171 e. The summed E-state index contributed by atoms with van der Waals surface area (Å²) in [6.07, 6.45) is 3.12. The van der Waals surface area contributed by atoms with E-state index in [-0.39, 0.29) is 11.6 Å². The highest BCUT2D eigenvalue weighted by molar-refractivity contribution is 5.90. The average molecular weight is 139 g/mol. The minimum absolute atomic E-state index is 0.0133. The Kier molecular flexibility index (Phi) is 1.85. The highest BCUT2D eigenvalue weighted by Crippen LogP contribution is 2.01. The predicted octanol–water partition coefficient (Wildman–Crippen LogP) is -0.0262. The molecule has 1 aliphatic heterocycles.